The summed E-state index contributed by atoms with van der Waals surface area (Å²) in [7, 11) is -1.45. The van der Waals surface area contributed by atoms with Crippen molar-refractivity contribution in [2.45, 2.75) is 51.0 Å². The lowest BCUT2D eigenvalue weighted by Gasteiger charge is -2.28. The van der Waals surface area contributed by atoms with E-state index in [0.29, 0.717) is 6.61 Å². The lowest BCUT2D eigenvalue weighted by molar-refractivity contribution is -0.890. The van der Waals surface area contributed by atoms with E-state index in [9.17, 15) is 13.2 Å². The molecule has 0 saturated heterocycles. The van der Waals surface area contributed by atoms with Crippen LogP contribution in [-0.2, 0) is 10.1 Å². The van der Waals surface area contributed by atoms with E-state index in [2.05, 4.69) is 21.0 Å². The Labute approximate surface area is 131 Å². The van der Waals surface area contributed by atoms with Crippen LogP contribution in [0.1, 0.15) is 45.4 Å². The maximum atomic E-state index is 10.7. The van der Waals surface area contributed by atoms with Crippen LogP contribution >= 0.6 is 0 Å². The minimum absolute atomic E-state index is 0.308. The number of quaternary nitrogens is 1. The van der Waals surface area contributed by atoms with E-state index in [1.54, 1.807) is 0 Å². The number of halogens is 3. The van der Waals surface area contributed by atoms with Gasteiger partial charge in [-0.15, -0.1) is 0 Å². The number of hydrogen-bond donors (Lipinski definition) is 2. The van der Waals surface area contributed by atoms with Crippen molar-refractivity contribution in [1.29, 1.82) is 0 Å². The third-order valence-electron chi connectivity index (χ3n) is 3.11. The fraction of sp³-hybridized carbons (Fsp3) is 1.00. The number of alkyl halides is 3. The summed E-state index contributed by atoms with van der Waals surface area (Å²) in [5, 5.41) is 8.86. The van der Waals surface area contributed by atoms with Gasteiger partial charge in [0.15, 0.2) is 0 Å². The number of unbranched alkanes of at least 4 members (excludes halogenated alkanes) is 5. The van der Waals surface area contributed by atoms with Crippen molar-refractivity contribution < 1.29 is 35.7 Å². The molecule has 0 bridgehead atoms. The molecule has 0 aromatic carbocycles. The van der Waals surface area contributed by atoms with Crippen LogP contribution in [0.25, 0.3) is 0 Å². The van der Waals surface area contributed by atoms with Crippen molar-refractivity contribution in [3.8, 4) is 0 Å². The Kier molecular flexibility index (Phi) is 12.2. The molecule has 0 fully saturated rings. The van der Waals surface area contributed by atoms with Gasteiger partial charge in [0.05, 0.1) is 27.2 Å². The molecule has 0 saturated carbocycles. The summed E-state index contributed by atoms with van der Waals surface area (Å²) in [6, 6.07) is 0. The van der Waals surface area contributed by atoms with E-state index < -0.39 is 15.6 Å². The Morgan fingerprint density at radius 1 is 0.955 bits per heavy atom. The molecule has 9 heteroatoms. The summed E-state index contributed by atoms with van der Waals surface area (Å²) < 4.78 is 58.5. The van der Waals surface area contributed by atoms with Crippen molar-refractivity contribution in [2.24, 2.45) is 0 Å². The first-order valence-corrected chi connectivity index (χ1v) is 8.78. The number of likely N-dealkylation sites (N-methyl/N-ethyl adjacent to an activating group) is 1. The molecule has 0 atom stereocenters. The van der Waals surface area contributed by atoms with Crippen LogP contribution in [0, 0.1) is 0 Å². The van der Waals surface area contributed by atoms with Crippen LogP contribution in [-0.4, -0.2) is 61.9 Å². The number of rotatable bonds is 9. The van der Waals surface area contributed by atoms with E-state index in [4.69, 9.17) is 18.1 Å². The topological polar surface area (TPSA) is 74.6 Å². The summed E-state index contributed by atoms with van der Waals surface area (Å²) in [4.78, 5) is 0. The average Bonchev–Trinajstić information content (AvgIpc) is 2.31. The molecular weight excluding hydrogens is 323 g/mol. The number of hydrogen-bond acceptors (Lipinski definition) is 3. The van der Waals surface area contributed by atoms with Crippen molar-refractivity contribution >= 4 is 10.1 Å². The molecule has 0 heterocycles. The number of nitrogens with zero attached hydrogens (tertiary/aromatic N) is 1. The largest absolute Gasteiger partial charge is 0.522 e. The molecule has 0 aliphatic carbocycles. The molecule has 0 rings (SSSR count). The molecule has 2 N–H and O–H groups in total. The van der Waals surface area contributed by atoms with E-state index in [0.717, 1.165) is 11.0 Å². The predicted molar refractivity (Wildman–Crippen MR) is 79.9 cm³/mol. The van der Waals surface area contributed by atoms with Gasteiger partial charge in [-0.25, -0.2) is 0 Å². The van der Waals surface area contributed by atoms with Crippen LogP contribution in [0.15, 0.2) is 0 Å². The highest BCUT2D eigenvalue weighted by Gasteiger charge is 2.44. The van der Waals surface area contributed by atoms with Gasteiger partial charge in [-0.3, -0.25) is 4.55 Å². The van der Waals surface area contributed by atoms with Gasteiger partial charge < -0.3 is 9.59 Å². The smallest absolute Gasteiger partial charge is 0.391 e. The lowest BCUT2D eigenvalue weighted by atomic mass is 10.1. The van der Waals surface area contributed by atoms with Crippen molar-refractivity contribution in [3.05, 3.63) is 0 Å². The Morgan fingerprint density at radius 3 is 1.73 bits per heavy atom. The molecule has 0 aliphatic rings. The highest BCUT2D eigenvalue weighted by atomic mass is 32.2. The molecule has 136 valence electrons. The second kappa shape index (κ2) is 11.2. The molecule has 0 aliphatic heterocycles. The molecule has 22 heavy (non-hydrogen) atoms. The SMILES string of the molecule is CCCCCCCC[N+](C)(C)CCO.O=S(=O)(O)C(F)(F)F. The number of aliphatic hydroxyl groups is 1. The van der Waals surface area contributed by atoms with Gasteiger partial charge >= 0.3 is 15.6 Å². The van der Waals surface area contributed by atoms with Gasteiger partial charge in [-0.05, 0) is 12.8 Å². The molecule has 0 unspecified atom stereocenters. The quantitative estimate of drug-likeness (QED) is 0.290. The van der Waals surface area contributed by atoms with Crippen LogP contribution < -0.4 is 0 Å². The molecule has 0 aromatic rings. The normalized spacial score (nSPS) is 12.7. The molecule has 5 nitrogen and oxygen atoms in total. The summed E-state index contributed by atoms with van der Waals surface area (Å²) in [5.41, 5.74) is -5.53. The average molecular weight is 352 g/mol. The van der Waals surface area contributed by atoms with Crippen LogP contribution in [0.4, 0.5) is 13.2 Å². The van der Waals surface area contributed by atoms with Crippen molar-refractivity contribution in [3.63, 3.8) is 0 Å². The molecule has 0 radical (unpaired) electrons. The molecular formula is C13H29F3NO4S+. The fourth-order valence-corrected chi connectivity index (χ4v) is 1.70. The van der Waals surface area contributed by atoms with Gasteiger partial charge in [0.2, 0.25) is 0 Å². The fourth-order valence-electron chi connectivity index (χ4n) is 1.70. The minimum atomic E-state index is -5.84. The van der Waals surface area contributed by atoms with Crippen LogP contribution in [0.3, 0.4) is 0 Å². The molecule has 0 amide bonds. The summed E-state index contributed by atoms with van der Waals surface area (Å²) in [6.07, 6.45) is 8.14. The molecule has 0 aromatic heterocycles. The second-order valence-electron chi connectivity index (χ2n) is 5.80. The zero-order valence-corrected chi connectivity index (χ0v) is 14.4. The Morgan fingerprint density at radius 2 is 1.36 bits per heavy atom. The lowest BCUT2D eigenvalue weighted by Crippen LogP contribution is -2.42. The Bertz CT molecular complexity index is 370. The van der Waals surface area contributed by atoms with Gasteiger partial charge in [0.25, 0.3) is 0 Å². The van der Waals surface area contributed by atoms with Crippen molar-refractivity contribution in [2.75, 3.05) is 33.8 Å². The monoisotopic (exact) mass is 352 g/mol. The second-order valence-corrected chi connectivity index (χ2v) is 7.21. The summed E-state index contributed by atoms with van der Waals surface area (Å²) in [6.45, 7) is 4.64. The Hall–Kier alpha value is -0.380. The van der Waals surface area contributed by atoms with Gasteiger partial charge in [0, 0.05) is 0 Å². The van der Waals surface area contributed by atoms with E-state index in [1.165, 1.54) is 45.1 Å². The zero-order chi connectivity index (χ0) is 17.9. The number of aliphatic hydroxyl groups excluding tert-OH is 1. The van der Waals surface area contributed by atoms with E-state index >= 15 is 0 Å². The zero-order valence-electron chi connectivity index (χ0n) is 13.6. The van der Waals surface area contributed by atoms with Gasteiger partial charge in [-0.1, -0.05) is 32.6 Å². The van der Waals surface area contributed by atoms with Crippen LogP contribution in [0.2, 0.25) is 0 Å². The summed E-state index contributed by atoms with van der Waals surface area (Å²) in [5.74, 6) is 0. The third-order valence-corrected chi connectivity index (χ3v) is 3.70. The molecule has 0 spiro atoms. The van der Waals surface area contributed by atoms with E-state index in [1.807, 2.05) is 0 Å². The van der Waals surface area contributed by atoms with E-state index in [-0.39, 0.29) is 0 Å². The standard InChI is InChI=1S/C12H28NO.CHF3O3S/c1-4-5-6-7-8-9-10-13(2,3)11-12-14;2-1(3,4)8(5,6)7/h14H,4-12H2,1-3H3;(H,5,6,7)/q+1;. The Balaban J connectivity index is 0. The predicted octanol–water partition coefficient (Wildman–Crippen LogP) is 2.81. The maximum absolute atomic E-state index is 10.7. The van der Waals surface area contributed by atoms with Crippen molar-refractivity contribution in [1.82, 2.24) is 0 Å². The third kappa shape index (κ3) is 14.6. The van der Waals surface area contributed by atoms with Gasteiger partial charge in [0.1, 0.15) is 6.54 Å². The first-order valence-electron chi connectivity index (χ1n) is 7.34. The first kappa shape index (κ1) is 23.9. The van der Waals surface area contributed by atoms with Crippen LogP contribution in [0.5, 0.6) is 0 Å². The summed E-state index contributed by atoms with van der Waals surface area (Å²) >= 11 is 0. The maximum Gasteiger partial charge on any atom is 0.522 e. The highest BCUT2D eigenvalue weighted by Crippen LogP contribution is 2.20. The highest BCUT2D eigenvalue weighted by molar-refractivity contribution is 7.86. The van der Waals surface area contributed by atoms with Gasteiger partial charge in [-0.2, -0.15) is 21.6 Å². The first-order chi connectivity index (χ1) is 9.87. The minimum Gasteiger partial charge on any atom is -0.391 e.